The number of hydrogen-bond donors (Lipinski definition) is 3. The van der Waals surface area contributed by atoms with Crippen LogP contribution in [0.15, 0.2) is 35.7 Å². The zero-order valence-corrected chi connectivity index (χ0v) is 12.3. The Morgan fingerprint density at radius 3 is 2.62 bits per heavy atom. The Hall–Kier alpha value is -1.98. The van der Waals surface area contributed by atoms with E-state index in [9.17, 15) is 10.2 Å². The van der Waals surface area contributed by atoms with E-state index in [0.717, 1.165) is 16.8 Å². The number of ether oxygens (including phenoxy) is 2. The van der Waals surface area contributed by atoms with Gasteiger partial charge in [-0.1, -0.05) is 6.92 Å². The first-order valence-corrected chi connectivity index (χ1v) is 6.87. The molecule has 1 aliphatic carbocycles. The highest BCUT2D eigenvalue weighted by Crippen LogP contribution is 2.49. The van der Waals surface area contributed by atoms with Crippen molar-refractivity contribution < 1.29 is 19.7 Å². The molecule has 3 rings (SSSR count). The van der Waals surface area contributed by atoms with Crippen molar-refractivity contribution in [3.63, 3.8) is 0 Å². The van der Waals surface area contributed by atoms with Crippen molar-refractivity contribution in [3.05, 3.63) is 41.3 Å². The molecule has 0 bridgehead atoms. The molecule has 1 aromatic carbocycles. The Labute approximate surface area is 123 Å². The van der Waals surface area contributed by atoms with Crippen molar-refractivity contribution in [3.8, 4) is 5.75 Å². The lowest BCUT2D eigenvalue weighted by atomic mass is 9.76. The molecule has 0 aromatic heterocycles. The average Bonchev–Trinajstić information content (AvgIpc) is 2.50. The number of nitrogens with one attached hydrogen (secondary N) is 1. The fourth-order valence-corrected chi connectivity index (χ4v) is 3.14. The van der Waals surface area contributed by atoms with E-state index in [1.54, 1.807) is 18.2 Å². The van der Waals surface area contributed by atoms with Crippen molar-refractivity contribution >= 4 is 11.3 Å². The number of aromatic hydroxyl groups is 1. The van der Waals surface area contributed by atoms with Crippen LogP contribution in [-0.2, 0) is 9.47 Å². The number of rotatable bonds is 2. The zero-order valence-electron chi connectivity index (χ0n) is 12.3. The highest BCUT2D eigenvalue weighted by Gasteiger charge is 2.46. The average molecular weight is 289 g/mol. The number of hydrogen-bond acceptors (Lipinski definition) is 5. The van der Waals surface area contributed by atoms with Crippen molar-refractivity contribution in [2.24, 2.45) is 5.92 Å². The number of phenols is 1. The number of phenolic OH excluding ortho intramolecular Hbond substituents is 1. The molecule has 5 nitrogen and oxygen atoms in total. The normalized spacial score (nSPS) is 23.0. The molecule has 1 aromatic rings. The SMILES string of the molecule is COC1(OC)C[C@H](C)C2=CNc3ccc(O)cc3C2=C1O. The summed E-state index contributed by atoms with van der Waals surface area (Å²) in [5.41, 5.74) is 3.22. The summed E-state index contributed by atoms with van der Waals surface area (Å²) in [5, 5.41) is 23.7. The maximum absolute atomic E-state index is 10.7. The fraction of sp³-hybridized carbons (Fsp3) is 0.375. The summed E-state index contributed by atoms with van der Waals surface area (Å²) < 4.78 is 10.9. The van der Waals surface area contributed by atoms with Gasteiger partial charge in [0.15, 0.2) is 5.76 Å². The number of methoxy groups -OCH3 is 2. The quantitative estimate of drug-likeness (QED) is 0.576. The van der Waals surface area contributed by atoms with Gasteiger partial charge in [0.2, 0.25) is 5.79 Å². The van der Waals surface area contributed by atoms with Gasteiger partial charge in [-0.05, 0) is 29.7 Å². The van der Waals surface area contributed by atoms with Gasteiger partial charge in [0.1, 0.15) is 5.75 Å². The van der Waals surface area contributed by atoms with E-state index in [4.69, 9.17) is 9.47 Å². The molecule has 0 saturated heterocycles. The van der Waals surface area contributed by atoms with Gasteiger partial charge in [-0.25, -0.2) is 0 Å². The third kappa shape index (κ3) is 1.92. The molecule has 0 unspecified atom stereocenters. The van der Waals surface area contributed by atoms with Gasteiger partial charge in [-0.3, -0.25) is 0 Å². The summed E-state index contributed by atoms with van der Waals surface area (Å²) in [4.78, 5) is 0. The number of aliphatic hydroxyl groups excluding tert-OH is 1. The molecule has 21 heavy (non-hydrogen) atoms. The van der Waals surface area contributed by atoms with Crippen LogP contribution in [0.2, 0.25) is 0 Å². The molecule has 0 fully saturated rings. The lowest BCUT2D eigenvalue weighted by molar-refractivity contribution is -0.207. The van der Waals surface area contributed by atoms with Gasteiger partial charge in [-0.15, -0.1) is 0 Å². The molecule has 0 saturated carbocycles. The van der Waals surface area contributed by atoms with E-state index in [2.05, 4.69) is 12.2 Å². The Kier molecular flexibility index (Phi) is 3.19. The van der Waals surface area contributed by atoms with Crippen LogP contribution in [0.5, 0.6) is 5.75 Å². The monoisotopic (exact) mass is 289 g/mol. The lowest BCUT2D eigenvalue weighted by Crippen LogP contribution is -2.42. The summed E-state index contributed by atoms with van der Waals surface area (Å²) >= 11 is 0. The second-order valence-corrected chi connectivity index (χ2v) is 5.46. The van der Waals surface area contributed by atoms with Crippen LogP contribution in [0.1, 0.15) is 18.9 Å². The molecule has 3 N–H and O–H groups in total. The van der Waals surface area contributed by atoms with E-state index in [-0.39, 0.29) is 17.4 Å². The summed E-state index contributed by atoms with van der Waals surface area (Å²) in [7, 11) is 3.04. The fourth-order valence-electron chi connectivity index (χ4n) is 3.14. The minimum Gasteiger partial charge on any atom is -0.508 e. The topological polar surface area (TPSA) is 71.0 Å². The summed E-state index contributed by atoms with van der Waals surface area (Å²) in [6.07, 6.45) is 2.42. The third-order valence-electron chi connectivity index (χ3n) is 4.31. The molecule has 112 valence electrons. The van der Waals surface area contributed by atoms with Crippen molar-refractivity contribution in [1.29, 1.82) is 0 Å². The Bertz CT molecular complexity index is 644. The Morgan fingerprint density at radius 2 is 1.95 bits per heavy atom. The van der Waals surface area contributed by atoms with Crippen LogP contribution in [0.3, 0.4) is 0 Å². The molecular weight excluding hydrogens is 270 g/mol. The zero-order chi connectivity index (χ0) is 15.2. The van der Waals surface area contributed by atoms with Crippen LogP contribution in [-0.4, -0.2) is 30.2 Å². The summed E-state index contributed by atoms with van der Waals surface area (Å²) in [6, 6.07) is 5.02. The molecule has 1 aliphatic heterocycles. The minimum absolute atomic E-state index is 0.0465. The van der Waals surface area contributed by atoms with E-state index in [0.29, 0.717) is 12.0 Å². The predicted molar refractivity (Wildman–Crippen MR) is 79.9 cm³/mol. The number of benzene rings is 1. The number of fused-ring (bicyclic) bond motifs is 3. The van der Waals surface area contributed by atoms with Crippen LogP contribution in [0, 0.1) is 5.92 Å². The molecule has 0 spiro atoms. The number of allylic oxidation sites excluding steroid dienone is 2. The van der Waals surface area contributed by atoms with E-state index in [1.165, 1.54) is 14.2 Å². The predicted octanol–water partition coefficient (Wildman–Crippen LogP) is 3.00. The number of aliphatic hydroxyl groups is 1. The van der Waals surface area contributed by atoms with Crippen molar-refractivity contribution in [1.82, 2.24) is 0 Å². The van der Waals surface area contributed by atoms with Crippen LogP contribution >= 0.6 is 0 Å². The Balaban J connectivity index is 2.27. The van der Waals surface area contributed by atoms with Gasteiger partial charge in [0, 0.05) is 43.7 Å². The summed E-state index contributed by atoms with van der Waals surface area (Å²) in [6.45, 7) is 2.06. The molecule has 0 amide bonds. The van der Waals surface area contributed by atoms with Crippen LogP contribution in [0.4, 0.5) is 5.69 Å². The lowest BCUT2D eigenvalue weighted by Gasteiger charge is -2.40. The first-order chi connectivity index (χ1) is 10.0. The Morgan fingerprint density at radius 1 is 1.24 bits per heavy atom. The van der Waals surface area contributed by atoms with E-state index < -0.39 is 5.79 Å². The van der Waals surface area contributed by atoms with Gasteiger partial charge in [-0.2, -0.15) is 0 Å². The molecule has 2 aliphatic rings. The largest absolute Gasteiger partial charge is 0.508 e. The van der Waals surface area contributed by atoms with Gasteiger partial charge in [0.25, 0.3) is 0 Å². The smallest absolute Gasteiger partial charge is 0.228 e. The highest BCUT2D eigenvalue weighted by molar-refractivity contribution is 5.92. The van der Waals surface area contributed by atoms with Crippen LogP contribution in [0.25, 0.3) is 5.57 Å². The minimum atomic E-state index is -1.15. The van der Waals surface area contributed by atoms with Gasteiger partial charge in [0.05, 0.1) is 0 Å². The van der Waals surface area contributed by atoms with E-state index >= 15 is 0 Å². The summed E-state index contributed by atoms with van der Waals surface area (Å²) in [5.74, 6) is -0.814. The second kappa shape index (κ2) is 4.79. The van der Waals surface area contributed by atoms with E-state index in [1.807, 2.05) is 6.20 Å². The number of anilines is 1. The maximum atomic E-state index is 10.7. The van der Waals surface area contributed by atoms with Gasteiger partial charge >= 0.3 is 0 Å². The van der Waals surface area contributed by atoms with Crippen LogP contribution < -0.4 is 5.32 Å². The van der Waals surface area contributed by atoms with Crippen molar-refractivity contribution in [2.45, 2.75) is 19.1 Å². The first kappa shape index (κ1) is 14.0. The highest BCUT2D eigenvalue weighted by atomic mass is 16.7. The molecule has 1 atom stereocenters. The molecular formula is C16H19NO4. The molecule has 1 heterocycles. The molecule has 0 radical (unpaired) electrons. The standard InChI is InChI=1S/C16H19NO4/c1-9-7-16(20-2,21-3)15(19)14-11-6-10(18)4-5-13(11)17-8-12(9)14/h4-6,8-9,17-19H,7H2,1-3H3/t9-/m0/s1. The maximum Gasteiger partial charge on any atom is 0.228 e. The first-order valence-electron chi connectivity index (χ1n) is 6.87. The third-order valence-corrected chi connectivity index (χ3v) is 4.31. The second-order valence-electron chi connectivity index (χ2n) is 5.46. The van der Waals surface area contributed by atoms with Crippen molar-refractivity contribution in [2.75, 3.05) is 19.5 Å². The molecule has 5 heteroatoms. The van der Waals surface area contributed by atoms with Gasteiger partial charge < -0.3 is 25.0 Å².